The van der Waals surface area contributed by atoms with Crippen molar-refractivity contribution in [1.82, 2.24) is 14.7 Å². The van der Waals surface area contributed by atoms with Gasteiger partial charge in [0.05, 0.1) is 18.8 Å². The van der Waals surface area contributed by atoms with Gasteiger partial charge < -0.3 is 19.3 Å². The number of ether oxygens (including phenoxy) is 2. The molecule has 0 bridgehead atoms. The Labute approximate surface area is 143 Å². The van der Waals surface area contributed by atoms with Gasteiger partial charge in [0, 0.05) is 45.8 Å². The molecule has 3 saturated heterocycles. The van der Waals surface area contributed by atoms with Crippen LogP contribution in [0, 0.1) is 0 Å². The van der Waals surface area contributed by atoms with Crippen molar-refractivity contribution in [3.05, 3.63) is 0 Å². The molecule has 0 radical (unpaired) electrons. The molecule has 7 nitrogen and oxygen atoms in total. The highest BCUT2D eigenvalue weighted by Gasteiger charge is 2.52. The molecule has 0 aromatic rings. The summed E-state index contributed by atoms with van der Waals surface area (Å²) >= 11 is 0. The van der Waals surface area contributed by atoms with Gasteiger partial charge in [-0.05, 0) is 26.7 Å². The van der Waals surface area contributed by atoms with Gasteiger partial charge in [-0.2, -0.15) is 0 Å². The average molecular weight is 339 g/mol. The molecule has 0 aromatic carbocycles. The first-order valence-electron chi connectivity index (χ1n) is 9.01. The van der Waals surface area contributed by atoms with E-state index in [0.717, 1.165) is 39.1 Å². The van der Waals surface area contributed by atoms with E-state index < -0.39 is 0 Å². The van der Waals surface area contributed by atoms with Crippen molar-refractivity contribution in [3.8, 4) is 0 Å². The number of carbonyl (C=O) groups excluding carboxylic acids is 2. The quantitative estimate of drug-likeness (QED) is 0.674. The van der Waals surface area contributed by atoms with E-state index in [-0.39, 0.29) is 36.2 Å². The molecule has 136 valence electrons. The van der Waals surface area contributed by atoms with E-state index in [1.807, 2.05) is 13.8 Å². The standard InChI is InChI=1S/C17H29N3O4/c1-12(2)24-9-8-18-6-4-13(5-7-18)20-16(21)15-10-14(23-3)11-19(15)17(20)22/h12-15H,4-11H2,1-3H3/t14-,15+/m0/s1. The van der Waals surface area contributed by atoms with Gasteiger partial charge in [0.25, 0.3) is 5.91 Å². The number of piperidine rings is 1. The van der Waals surface area contributed by atoms with Crippen molar-refractivity contribution in [3.63, 3.8) is 0 Å². The topological polar surface area (TPSA) is 62.3 Å². The molecule has 7 heteroatoms. The number of nitrogens with zero attached hydrogens (tertiary/aromatic N) is 3. The van der Waals surface area contributed by atoms with Crippen LogP contribution >= 0.6 is 0 Å². The van der Waals surface area contributed by atoms with E-state index in [1.54, 1.807) is 12.0 Å². The molecule has 0 unspecified atom stereocenters. The minimum absolute atomic E-state index is 0.00662. The normalized spacial score (nSPS) is 29.2. The highest BCUT2D eigenvalue weighted by molar-refractivity contribution is 6.05. The second-order valence-electron chi connectivity index (χ2n) is 7.24. The number of methoxy groups -OCH3 is 1. The molecule has 0 aliphatic carbocycles. The van der Waals surface area contributed by atoms with Crippen LogP contribution < -0.4 is 0 Å². The summed E-state index contributed by atoms with van der Waals surface area (Å²) in [5.74, 6) is -0.0267. The lowest BCUT2D eigenvalue weighted by atomic mass is 10.0. The molecule has 3 aliphatic heterocycles. The van der Waals surface area contributed by atoms with Crippen LogP contribution in [0.3, 0.4) is 0 Å². The second-order valence-corrected chi connectivity index (χ2v) is 7.24. The molecule has 3 heterocycles. The molecular formula is C17H29N3O4. The summed E-state index contributed by atoms with van der Waals surface area (Å²) in [5.41, 5.74) is 0. The highest BCUT2D eigenvalue weighted by atomic mass is 16.5. The van der Waals surface area contributed by atoms with E-state index in [9.17, 15) is 9.59 Å². The second kappa shape index (κ2) is 7.37. The molecule has 0 saturated carbocycles. The van der Waals surface area contributed by atoms with Crippen LogP contribution in [0.15, 0.2) is 0 Å². The van der Waals surface area contributed by atoms with Crippen LogP contribution in [0.1, 0.15) is 33.1 Å². The van der Waals surface area contributed by atoms with Gasteiger partial charge in [0.15, 0.2) is 0 Å². The molecule has 0 aromatic heterocycles. The van der Waals surface area contributed by atoms with Crippen molar-refractivity contribution < 1.29 is 19.1 Å². The molecule has 2 atom stereocenters. The third-order valence-electron chi connectivity index (χ3n) is 5.35. The first-order valence-corrected chi connectivity index (χ1v) is 9.01. The number of urea groups is 1. The molecule has 3 amide bonds. The van der Waals surface area contributed by atoms with E-state index in [1.165, 1.54) is 4.90 Å². The lowest BCUT2D eigenvalue weighted by molar-refractivity contribution is -0.130. The molecule has 24 heavy (non-hydrogen) atoms. The molecule has 0 spiro atoms. The van der Waals surface area contributed by atoms with E-state index in [2.05, 4.69) is 4.90 Å². The number of likely N-dealkylation sites (tertiary alicyclic amines) is 1. The predicted molar refractivity (Wildman–Crippen MR) is 88.7 cm³/mol. The van der Waals surface area contributed by atoms with Gasteiger partial charge in [-0.15, -0.1) is 0 Å². The van der Waals surface area contributed by atoms with Crippen LogP contribution in [-0.2, 0) is 14.3 Å². The van der Waals surface area contributed by atoms with Gasteiger partial charge in [-0.3, -0.25) is 9.69 Å². The number of amides is 3. The Hall–Kier alpha value is -1.18. The SMILES string of the molecule is CO[C@H]1C[C@@H]2C(=O)N(C3CCN(CCOC(C)C)CC3)C(=O)N2C1. The lowest BCUT2D eigenvalue weighted by Crippen LogP contribution is -2.49. The number of carbonyl (C=O) groups is 2. The zero-order valence-electron chi connectivity index (χ0n) is 14.9. The van der Waals surface area contributed by atoms with Gasteiger partial charge in [0.2, 0.25) is 0 Å². The third kappa shape index (κ3) is 3.43. The summed E-state index contributed by atoms with van der Waals surface area (Å²) in [4.78, 5) is 30.9. The molecule has 3 fully saturated rings. The minimum Gasteiger partial charge on any atom is -0.380 e. The van der Waals surface area contributed by atoms with E-state index in [4.69, 9.17) is 9.47 Å². The fourth-order valence-electron chi connectivity index (χ4n) is 3.96. The maximum atomic E-state index is 12.7. The number of rotatable bonds is 6. The summed E-state index contributed by atoms with van der Waals surface area (Å²) < 4.78 is 10.9. The van der Waals surface area contributed by atoms with Gasteiger partial charge in [0.1, 0.15) is 6.04 Å². The summed E-state index contributed by atoms with van der Waals surface area (Å²) in [7, 11) is 1.64. The van der Waals surface area contributed by atoms with E-state index >= 15 is 0 Å². The highest BCUT2D eigenvalue weighted by Crippen LogP contribution is 2.32. The fraction of sp³-hybridized carbons (Fsp3) is 0.882. The van der Waals surface area contributed by atoms with Crippen molar-refractivity contribution in [1.29, 1.82) is 0 Å². The summed E-state index contributed by atoms with van der Waals surface area (Å²) in [6, 6.07) is -0.384. The first-order chi connectivity index (χ1) is 11.5. The number of hydrogen-bond donors (Lipinski definition) is 0. The third-order valence-corrected chi connectivity index (χ3v) is 5.35. The summed E-state index contributed by atoms with van der Waals surface area (Å²) in [6.07, 6.45) is 2.59. The van der Waals surface area contributed by atoms with Crippen LogP contribution in [0.2, 0.25) is 0 Å². The Bertz CT molecular complexity index is 452. The average Bonchev–Trinajstić information content (AvgIpc) is 3.08. The van der Waals surface area contributed by atoms with Crippen molar-refractivity contribution in [2.75, 3.05) is 39.9 Å². The molecule has 3 rings (SSSR count). The Morgan fingerprint density at radius 1 is 1.21 bits per heavy atom. The zero-order valence-corrected chi connectivity index (χ0v) is 14.9. The minimum atomic E-state index is -0.306. The number of fused-ring (bicyclic) bond motifs is 1. The predicted octanol–water partition coefficient (Wildman–Crippen LogP) is 0.927. The molecule has 3 aliphatic rings. The zero-order chi connectivity index (χ0) is 17.3. The van der Waals surface area contributed by atoms with Crippen LogP contribution in [0.4, 0.5) is 4.79 Å². The summed E-state index contributed by atoms with van der Waals surface area (Å²) in [6.45, 7) is 8.08. The van der Waals surface area contributed by atoms with Crippen LogP contribution in [-0.4, -0.2) is 90.8 Å². The van der Waals surface area contributed by atoms with Gasteiger partial charge >= 0.3 is 6.03 Å². The van der Waals surface area contributed by atoms with Crippen molar-refractivity contribution in [2.45, 2.75) is 57.4 Å². The Balaban J connectivity index is 1.50. The number of hydrogen-bond acceptors (Lipinski definition) is 5. The largest absolute Gasteiger partial charge is 0.380 e. The molecular weight excluding hydrogens is 310 g/mol. The van der Waals surface area contributed by atoms with Crippen LogP contribution in [0.25, 0.3) is 0 Å². The maximum Gasteiger partial charge on any atom is 0.327 e. The Morgan fingerprint density at radius 2 is 1.92 bits per heavy atom. The van der Waals surface area contributed by atoms with Crippen molar-refractivity contribution in [2.24, 2.45) is 0 Å². The Kier molecular flexibility index (Phi) is 5.42. The fourth-order valence-corrected chi connectivity index (χ4v) is 3.96. The maximum absolute atomic E-state index is 12.7. The van der Waals surface area contributed by atoms with Crippen LogP contribution in [0.5, 0.6) is 0 Å². The van der Waals surface area contributed by atoms with Gasteiger partial charge in [-0.1, -0.05) is 0 Å². The lowest BCUT2D eigenvalue weighted by Gasteiger charge is -2.35. The molecule has 0 N–H and O–H groups in total. The smallest absolute Gasteiger partial charge is 0.327 e. The van der Waals surface area contributed by atoms with E-state index in [0.29, 0.717) is 13.0 Å². The van der Waals surface area contributed by atoms with Gasteiger partial charge in [-0.25, -0.2) is 4.79 Å². The summed E-state index contributed by atoms with van der Waals surface area (Å²) in [5, 5.41) is 0. The first kappa shape index (κ1) is 17.6. The Morgan fingerprint density at radius 3 is 2.50 bits per heavy atom. The monoisotopic (exact) mass is 339 g/mol. The number of imide groups is 1. The van der Waals surface area contributed by atoms with Crippen molar-refractivity contribution >= 4 is 11.9 Å².